The van der Waals surface area contributed by atoms with E-state index in [1.807, 2.05) is 49.3 Å². The summed E-state index contributed by atoms with van der Waals surface area (Å²) in [6.45, 7) is 4.41. The average molecular weight is 630 g/mol. The molecule has 0 aliphatic carbocycles. The fourth-order valence-electron chi connectivity index (χ4n) is 4.72. The Labute approximate surface area is 251 Å². The number of H-pyrrole nitrogens is 1. The number of aromatic amines is 1. The maximum absolute atomic E-state index is 13.7. The molecule has 1 aliphatic rings. The predicted molar refractivity (Wildman–Crippen MR) is 154 cm³/mol. The summed E-state index contributed by atoms with van der Waals surface area (Å²) in [6.07, 6.45) is 1.55. The Morgan fingerprint density at radius 3 is 2.35 bits per heavy atom. The van der Waals surface area contributed by atoms with Crippen molar-refractivity contribution in [2.75, 3.05) is 12.0 Å². The first-order chi connectivity index (χ1) is 20.2. The highest BCUT2D eigenvalue weighted by atomic mass is 32.2. The van der Waals surface area contributed by atoms with Gasteiger partial charge in [0.2, 0.25) is 5.91 Å². The van der Waals surface area contributed by atoms with Gasteiger partial charge in [-0.1, -0.05) is 44.5 Å². The third-order valence-electron chi connectivity index (χ3n) is 7.33. The van der Waals surface area contributed by atoms with E-state index >= 15 is 0 Å². The van der Waals surface area contributed by atoms with Crippen LogP contribution >= 0.6 is 11.8 Å². The summed E-state index contributed by atoms with van der Waals surface area (Å²) >= 11 is 1.53. The van der Waals surface area contributed by atoms with Crippen molar-refractivity contribution in [1.82, 2.24) is 20.2 Å². The molecule has 0 spiro atoms. The predicted octanol–water partition coefficient (Wildman–Crippen LogP) is 2.65. The highest BCUT2D eigenvalue weighted by Gasteiger charge is 2.43. The minimum Gasteiger partial charge on any atom is -0.480 e. The number of nitrogens with one attached hydrogen (secondary N) is 2. The number of Topliss-reactive ketones (excluding diaryl/α,β-unsaturated/α-hetero) is 1. The van der Waals surface area contributed by atoms with E-state index < -0.39 is 48.2 Å². The number of aliphatic carboxylic acids is 2. The van der Waals surface area contributed by atoms with E-state index in [-0.39, 0.29) is 18.1 Å². The lowest BCUT2D eigenvalue weighted by molar-refractivity contribution is -0.192. The van der Waals surface area contributed by atoms with E-state index in [9.17, 15) is 32.7 Å². The highest BCUT2D eigenvalue weighted by molar-refractivity contribution is 7.98. The van der Waals surface area contributed by atoms with E-state index in [1.165, 1.54) is 18.1 Å². The first kappa shape index (κ1) is 35.8. The number of imidazole rings is 1. The number of carbonyl (C=O) groups excluding carboxylic acids is 2. The number of hydrogen-bond donors (Lipinski definition) is 5. The van der Waals surface area contributed by atoms with Gasteiger partial charge in [-0.25, -0.2) is 14.6 Å². The molecule has 1 aromatic carbocycles. The number of carboxylic acid groups (broad SMARTS) is 2. The number of fused-ring (bicyclic) bond motifs is 1. The molecule has 11 nitrogen and oxygen atoms in total. The molecule has 1 amide bonds. The number of nitrogens with zero attached hydrogens (tertiary/aromatic N) is 2. The molecule has 2 aromatic rings. The van der Waals surface area contributed by atoms with Gasteiger partial charge in [0.05, 0.1) is 18.4 Å². The highest BCUT2D eigenvalue weighted by Crippen LogP contribution is 2.29. The van der Waals surface area contributed by atoms with Crippen LogP contribution in [0.25, 0.3) is 0 Å². The van der Waals surface area contributed by atoms with Gasteiger partial charge >= 0.3 is 18.1 Å². The van der Waals surface area contributed by atoms with E-state index in [0.29, 0.717) is 30.8 Å². The summed E-state index contributed by atoms with van der Waals surface area (Å²) in [5, 5.41) is 19.6. The van der Waals surface area contributed by atoms with Crippen molar-refractivity contribution in [3.8, 4) is 0 Å². The second-order valence-corrected chi connectivity index (χ2v) is 11.3. The molecule has 0 saturated carbocycles. The number of halogens is 3. The Kier molecular flexibility index (Phi) is 13.7. The van der Waals surface area contributed by atoms with Crippen molar-refractivity contribution < 1.29 is 42.6 Å². The van der Waals surface area contributed by atoms with E-state index in [2.05, 4.69) is 15.3 Å². The smallest absolute Gasteiger partial charge is 0.480 e. The van der Waals surface area contributed by atoms with Crippen molar-refractivity contribution in [1.29, 1.82) is 0 Å². The molecule has 5 atom stereocenters. The maximum Gasteiger partial charge on any atom is 0.490 e. The standard InChI is InChI=1S/C26H37N5O4S.C2HF3O2/c1-4-16(2)23(27)24(22(32)12-19-13-28-15-29-19)31-14-18-8-6-5-7-17(18)11-21(31)25(33)30-20(26(34)35)9-10-36-3;3-2(4,5)1(6)7/h5-8,13,15-16,20-21,23-24H,4,9-12,14,27H2,1-3H3,(H,28,29)(H,30,33)(H,34,35);(H,6,7)/t16-,20?,21-,23-,24?;/m0./s1. The average Bonchev–Trinajstić information content (AvgIpc) is 3.47. The third-order valence-corrected chi connectivity index (χ3v) is 7.97. The Morgan fingerprint density at radius 1 is 1.21 bits per heavy atom. The van der Waals surface area contributed by atoms with Gasteiger partial charge in [-0.3, -0.25) is 14.5 Å². The van der Waals surface area contributed by atoms with Crippen LogP contribution < -0.4 is 11.1 Å². The van der Waals surface area contributed by atoms with Crippen molar-refractivity contribution in [2.45, 2.75) is 76.4 Å². The van der Waals surface area contributed by atoms with Crippen LogP contribution in [0.5, 0.6) is 0 Å². The summed E-state index contributed by atoms with van der Waals surface area (Å²) in [5.74, 6) is -3.67. The van der Waals surface area contributed by atoms with E-state index in [0.717, 1.165) is 17.5 Å². The molecule has 0 bridgehead atoms. The molecule has 0 radical (unpaired) electrons. The lowest BCUT2D eigenvalue weighted by atomic mass is 9.84. The number of carboxylic acids is 2. The number of benzene rings is 1. The summed E-state index contributed by atoms with van der Waals surface area (Å²) in [4.78, 5) is 57.0. The molecule has 238 valence electrons. The molecule has 0 saturated heterocycles. The summed E-state index contributed by atoms with van der Waals surface area (Å²) < 4.78 is 31.7. The number of hydrogen-bond acceptors (Lipinski definition) is 8. The number of carbonyl (C=O) groups is 4. The van der Waals surface area contributed by atoms with Crippen LogP contribution in [0.3, 0.4) is 0 Å². The van der Waals surface area contributed by atoms with Crippen LogP contribution in [-0.4, -0.2) is 91.1 Å². The zero-order valence-electron chi connectivity index (χ0n) is 24.1. The number of nitrogens with two attached hydrogens (primary N) is 1. The topological polar surface area (TPSA) is 179 Å². The quantitative estimate of drug-likeness (QED) is 0.221. The fourth-order valence-corrected chi connectivity index (χ4v) is 5.19. The Bertz CT molecular complexity index is 1230. The number of ketones is 1. The van der Waals surface area contributed by atoms with Gasteiger partial charge in [-0.15, -0.1) is 0 Å². The van der Waals surface area contributed by atoms with Gasteiger partial charge in [0, 0.05) is 30.9 Å². The van der Waals surface area contributed by atoms with Crippen LogP contribution in [-0.2, 0) is 38.6 Å². The molecular formula is C28H38F3N5O6S. The number of amides is 1. The molecule has 2 unspecified atom stereocenters. The normalized spacial score (nSPS) is 17.8. The first-order valence-electron chi connectivity index (χ1n) is 13.6. The minimum atomic E-state index is -5.08. The summed E-state index contributed by atoms with van der Waals surface area (Å²) in [7, 11) is 0. The maximum atomic E-state index is 13.7. The van der Waals surface area contributed by atoms with Crippen LogP contribution in [0.4, 0.5) is 13.2 Å². The Morgan fingerprint density at radius 2 is 1.84 bits per heavy atom. The lowest BCUT2D eigenvalue weighted by Crippen LogP contribution is -2.63. The second-order valence-electron chi connectivity index (χ2n) is 10.3. The van der Waals surface area contributed by atoms with E-state index in [4.69, 9.17) is 15.6 Å². The van der Waals surface area contributed by atoms with Crippen molar-refractivity contribution in [3.05, 3.63) is 53.6 Å². The second kappa shape index (κ2) is 16.4. The lowest BCUT2D eigenvalue weighted by Gasteiger charge is -2.44. The van der Waals surface area contributed by atoms with Crippen LogP contribution in [0.1, 0.15) is 43.5 Å². The van der Waals surface area contributed by atoms with Gasteiger partial charge in [0.1, 0.15) is 6.04 Å². The van der Waals surface area contributed by atoms with Gasteiger partial charge in [-0.2, -0.15) is 24.9 Å². The molecule has 3 rings (SSSR count). The molecule has 0 fully saturated rings. The molecule has 6 N–H and O–H groups in total. The van der Waals surface area contributed by atoms with Gasteiger partial charge in [-0.05, 0) is 41.9 Å². The minimum absolute atomic E-state index is 0.0370. The zero-order chi connectivity index (χ0) is 32.3. The third kappa shape index (κ3) is 10.4. The van der Waals surface area contributed by atoms with Crippen molar-refractivity contribution in [3.63, 3.8) is 0 Å². The molecule has 1 aliphatic heterocycles. The monoisotopic (exact) mass is 629 g/mol. The van der Waals surface area contributed by atoms with Gasteiger partial charge in [0.15, 0.2) is 5.78 Å². The number of thioether (sulfide) groups is 1. The van der Waals surface area contributed by atoms with Crippen LogP contribution in [0.15, 0.2) is 36.8 Å². The SMILES string of the molecule is CC[C@H](C)[C@H](N)C(C(=O)Cc1cnc[nH]1)N1Cc2ccccc2C[C@H]1C(=O)NC(CCSC)C(=O)O.O=C(O)C(F)(F)F. The molecule has 2 heterocycles. The van der Waals surface area contributed by atoms with Crippen molar-refractivity contribution in [2.24, 2.45) is 11.7 Å². The number of rotatable bonds is 13. The van der Waals surface area contributed by atoms with Gasteiger partial charge < -0.3 is 26.2 Å². The molecule has 1 aromatic heterocycles. The first-order valence-corrected chi connectivity index (χ1v) is 15.0. The summed E-state index contributed by atoms with van der Waals surface area (Å²) in [5.41, 5.74) is 9.45. The Balaban J connectivity index is 0.000000821. The zero-order valence-corrected chi connectivity index (χ0v) is 25.0. The van der Waals surface area contributed by atoms with Crippen LogP contribution in [0, 0.1) is 5.92 Å². The number of alkyl halides is 3. The van der Waals surface area contributed by atoms with Crippen molar-refractivity contribution >= 4 is 35.4 Å². The van der Waals surface area contributed by atoms with Gasteiger partial charge in [0.25, 0.3) is 0 Å². The largest absolute Gasteiger partial charge is 0.490 e. The number of aromatic nitrogens is 2. The molecule has 15 heteroatoms. The molecule has 43 heavy (non-hydrogen) atoms. The summed E-state index contributed by atoms with van der Waals surface area (Å²) in [6, 6.07) is 4.91. The Hall–Kier alpha value is -3.43. The molecular weight excluding hydrogens is 591 g/mol. The fraction of sp³-hybridized carbons (Fsp3) is 0.536. The van der Waals surface area contributed by atoms with Crippen LogP contribution in [0.2, 0.25) is 0 Å². The van der Waals surface area contributed by atoms with E-state index in [1.54, 1.807) is 6.20 Å².